The van der Waals surface area contributed by atoms with Gasteiger partial charge in [-0.15, -0.1) is 0 Å². The number of anilines is 1. The molecular formula is C14H13N3O2S. The first-order chi connectivity index (χ1) is 9.69. The number of amides is 1. The number of pyridine rings is 1. The third-order valence-corrected chi connectivity index (χ3v) is 2.69. The minimum absolute atomic E-state index is 0.199. The smallest absolute Gasteiger partial charge is 0.257 e. The molecule has 2 aromatic rings. The molecule has 0 fully saturated rings. The van der Waals surface area contributed by atoms with Crippen molar-refractivity contribution in [2.75, 3.05) is 12.4 Å². The summed E-state index contributed by atoms with van der Waals surface area (Å²) in [5.41, 5.74) is 0.496. The van der Waals surface area contributed by atoms with Crippen molar-refractivity contribution in [3.8, 4) is 5.75 Å². The van der Waals surface area contributed by atoms with Gasteiger partial charge in [0.1, 0.15) is 11.6 Å². The first-order valence-corrected chi connectivity index (χ1v) is 6.27. The molecule has 1 amide bonds. The summed E-state index contributed by atoms with van der Waals surface area (Å²) in [6.07, 6.45) is 1.64. The van der Waals surface area contributed by atoms with Gasteiger partial charge in [0.2, 0.25) is 0 Å². The lowest BCUT2D eigenvalue weighted by molar-refractivity contribution is 0.0977. The maximum Gasteiger partial charge on any atom is 0.257 e. The third kappa shape index (κ3) is 3.76. The van der Waals surface area contributed by atoms with Gasteiger partial charge in [0.15, 0.2) is 5.11 Å². The molecule has 0 saturated carbocycles. The van der Waals surface area contributed by atoms with Gasteiger partial charge in [-0.3, -0.25) is 10.1 Å². The van der Waals surface area contributed by atoms with Gasteiger partial charge in [-0.25, -0.2) is 4.98 Å². The van der Waals surface area contributed by atoms with Crippen molar-refractivity contribution in [1.29, 1.82) is 0 Å². The second-order valence-corrected chi connectivity index (χ2v) is 4.26. The molecule has 1 heterocycles. The predicted molar refractivity (Wildman–Crippen MR) is 80.9 cm³/mol. The molecule has 0 bridgehead atoms. The normalized spacial score (nSPS) is 9.65. The molecule has 102 valence electrons. The van der Waals surface area contributed by atoms with Gasteiger partial charge in [-0.05, 0) is 48.6 Å². The van der Waals surface area contributed by atoms with E-state index in [1.807, 2.05) is 6.07 Å². The van der Waals surface area contributed by atoms with E-state index in [1.54, 1.807) is 49.7 Å². The van der Waals surface area contributed by atoms with Gasteiger partial charge in [0.05, 0.1) is 7.11 Å². The highest BCUT2D eigenvalue weighted by Crippen LogP contribution is 2.11. The van der Waals surface area contributed by atoms with Crippen LogP contribution in [0.25, 0.3) is 0 Å². The van der Waals surface area contributed by atoms with Gasteiger partial charge in [-0.1, -0.05) is 6.07 Å². The lowest BCUT2D eigenvalue weighted by Crippen LogP contribution is -2.34. The van der Waals surface area contributed by atoms with Crippen molar-refractivity contribution in [1.82, 2.24) is 10.3 Å². The number of ether oxygens (including phenoxy) is 1. The maximum atomic E-state index is 11.9. The van der Waals surface area contributed by atoms with E-state index in [0.29, 0.717) is 17.1 Å². The van der Waals surface area contributed by atoms with Crippen LogP contribution in [0.1, 0.15) is 10.4 Å². The van der Waals surface area contributed by atoms with Gasteiger partial charge in [0.25, 0.3) is 5.91 Å². The molecular weight excluding hydrogens is 274 g/mol. The molecule has 0 aliphatic heterocycles. The summed E-state index contributed by atoms with van der Waals surface area (Å²) in [6, 6.07) is 12.1. The van der Waals surface area contributed by atoms with Crippen LogP contribution in [-0.4, -0.2) is 23.1 Å². The Hall–Kier alpha value is -2.47. The Morgan fingerprint density at radius 1 is 1.20 bits per heavy atom. The van der Waals surface area contributed by atoms with Crippen LogP contribution in [0.5, 0.6) is 5.75 Å². The van der Waals surface area contributed by atoms with Gasteiger partial charge in [0, 0.05) is 11.8 Å². The number of aromatic nitrogens is 1. The molecule has 0 saturated heterocycles. The van der Waals surface area contributed by atoms with Crippen LogP contribution in [0.3, 0.4) is 0 Å². The zero-order valence-electron chi connectivity index (χ0n) is 10.8. The highest BCUT2D eigenvalue weighted by Gasteiger charge is 2.08. The van der Waals surface area contributed by atoms with E-state index in [2.05, 4.69) is 15.6 Å². The number of hydrogen-bond donors (Lipinski definition) is 2. The molecule has 6 heteroatoms. The third-order valence-electron chi connectivity index (χ3n) is 2.49. The van der Waals surface area contributed by atoms with E-state index in [4.69, 9.17) is 17.0 Å². The summed E-state index contributed by atoms with van der Waals surface area (Å²) in [6.45, 7) is 0. The van der Waals surface area contributed by atoms with Crippen LogP contribution < -0.4 is 15.4 Å². The Labute approximate surface area is 122 Å². The Morgan fingerprint density at radius 2 is 1.95 bits per heavy atom. The minimum atomic E-state index is -0.291. The molecule has 20 heavy (non-hydrogen) atoms. The number of carbonyl (C=O) groups is 1. The van der Waals surface area contributed by atoms with E-state index in [0.717, 1.165) is 0 Å². The SMILES string of the molecule is COc1ccc(C(=O)NC(=S)Nc2ccccn2)cc1. The Kier molecular flexibility index (Phi) is 4.62. The molecule has 0 spiro atoms. The number of nitrogens with one attached hydrogen (secondary N) is 2. The fourth-order valence-electron chi connectivity index (χ4n) is 1.50. The highest BCUT2D eigenvalue weighted by molar-refractivity contribution is 7.80. The monoisotopic (exact) mass is 287 g/mol. The van der Waals surface area contributed by atoms with Crippen LogP contribution in [0.4, 0.5) is 5.82 Å². The number of thiocarbonyl (C=S) groups is 1. The van der Waals surface area contributed by atoms with Crippen molar-refractivity contribution in [2.24, 2.45) is 0 Å². The van der Waals surface area contributed by atoms with E-state index in [-0.39, 0.29) is 11.0 Å². The van der Waals surface area contributed by atoms with Crippen molar-refractivity contribution in [3.05, 3.63) is 54.2 Å². The van der Waals surface area contributed by atoms with Crippen LogP contribution in [0, 0.1) is 0 Å². The summed E-state index contributed by atoms with van der Waals surface area (Å²) < 4.78 is 5.03. The first kappa shape index (κ1) is 14.0. The Bertz CT molecular complexity index is 600. The van der Waals surface area contributed by atoms with Crippen molar-refractivity contribution in [2.45, 2.75) is 0 Å². The molecule has 0 unspecified atom stereocenters. The lowest BCUT2D eigenvalue weighted by atomic mass is 10.2. The first-order valence-electron chi connectivity index (χ1n) is 5.86. The van der Waals surface area contributed by atoms with E-state index < -0.39 is 0 Å². The standard InChI is InChI=1S/C14H13N3O2S/c1-19-11-7-5-10(6-8-11)13(18)17-14(20)16-12-4-2-3-9-15-12/h2-9H,1H3,(H2,15,16,17,18,20). The van der Waals surface area contributed by atoms with Crippen molar-refractivity contribution < 1.29 is 9.53 Å². The Balaban J connectivity index is 1.95. The fourth-order valence-corrected chi connectivity index (χ4v) is 1.70. The van der Waals surface area contributed by atoms with E-state index in [1.165, 1.54) is 0 Å². The molecule has 5 nitrogen and oxygen atoms in total. The summed E-state index contributed by atoms with van der Waals surface area (Å²) in [7, 11) is 1.57. The van der Waals surface area contributed by atoms with Crippen LogP contribution in [0.15, 0.2) is 48.7 Å². The molecule has 2 rings (SSSR count). The number of benzene rings is 1. The highest BCUT2D eigenvalue weighted by atomic mass is 32.1. The molecule has 2 N–H and O–H groups in total. The molecule has 0 aliphatic carbocycles. The molecule has 1 aromatic carbocycles. The molecule has 1 aromatic heterocycles. The van der Waals surface area contributed by atoms with Crippen molar-refractivity contribution in [3.63, 3.8) is 0 Å². The van der Waals surface area contributed by atoms with Gasteiger partial charge >= 0.3 is 0 Å². The second-order valence-electron chi connectivity index (χ2n) is 3.85. The summed E-state index contributed by atoms with van der Waals surface area (Å²) in [5.74, 6) is 0.976. The number of hydrogen-bond acceptors (Lipinski definition) is 4. The lowest BCUT2D eigenvalue weighted by Gasteiger charge is -2.09. The number of rotatable bonds is 3. The zero-order chi connectivity index (χ0) is 14.4. The fraction of sp³-hybridized carbons (Fsp3) is 0.0714. The summed E-state index contributed by atoms with van der Waals surface area (Å²) in [4.78, 5) is 16.0. The van der Waals surface area contributed by atoms with Gasteiger partial charge in [-0.2, -0.15) is 0 Å². The van der Waals surface area contributed by atoms with Crippen molar-refractivity contribution >= 4 is 29.1 Å². The number of methoxy groups -OCH3 is 1. The molecule has 0 atom stereocenters. The van der Waals surface area contributed by atoms with Crippen LogP contribution in [0.2, 0.25) is 0 Å². The van der Waals surface area contributed by atoms with Crippen LogP contribution >= 0.6 is 12.2 Å². The average Bonchev–Trinajstić information content (AvgIpc) is 2.48. The topological polar surface area (TPSA) is 63.2 Å². The van der Waals surface area contributed by atoms with Crippen LogP contribution in [-0.2, 0) is 0 Å². The number of nitrogens with zero attached hydrogens (tertiary/aromatic N) is 1. The number of carbonyl (C=O) groups excluding carboxylic acids is 1. The summed E-state index contributed by atoms with van der Waals surface area (Å²) >= 11 is 5.05. The average molecular weight is 287 g/mol. The summed E-state index contributed by atoms with van der Waals surface area (Å²) in [5, 5.41) is 5.61. The molecule has 0 radical (unpaired) electrons. The quantitative estimate of drug-likeness (QED) is 0.848. The maximum absolute atomic E-state index is 11.9. The Morgan fingerprint density at radius 3 is 2.55 bits per heavy atom. The minimum Gasteiger partial charge on any atom is -0.497 e. The molecule has 0 aliphatic rings. The predicted octanol–water partition coefficient (Wildman–Crippen LogP) is 2.22. The largest absolute Gasteiger partial charge is 0.497 e. The van der Waals surface area contributed by atoms with Gasteiger partial charge < -0.3 is 10.1 Å². The second kappa shape index (κ2) is 6.63. The van der Waals surface area contributed by atoms with E-state index >= 15 is 0 Å². The van der Waals surface area contributed by atoms with E-state index in [9.17, 15) is 4.79 Å². The zero-order valence-corrected chi connectivity index (χ0v) is 11.6.